The maximum Gasteiger partial charge on any atom is 0.353 e. The Hall–Kier alpha value is -2.01. The predicted molar refractivity (Wildman–Crippen MR) is 70.8 cm³/mol. The molecule has 0 fully saturated rings. The van der Waals surface area contributed by atoms with Crippen LogP contribution in [0.15, 0.2) is 18.2 Å². The summed E-state index contributed by atoms with van der Waals surface area (Å²) < 4.78 is 5.07. The number of carbonyl (C=O) groups is 2. The molecule has 2 rings (SSSR count). The molecule has 2 N–H and O–H groups in total. The van der Waals surface area contributed by atoms with Crippen molar-refractivity contribution in [3.63, 3.8) is 0 Å². The number of halogens is 1. The van der Waals surface area contributed by atoms with Crippen molar-refractivity contribution in [2.75, 3.05) is 0 Å². The fraction of sp³-hybridized carbons (Fsp3) is 0.231. The Bertz CT molecular complexity index is 660. The summed E-state index contributed by atoms with van der Waals surface area (Å²) in [6.45, 7) is 3.40. The fourth-order valence-electron chi connectivity index (χ4n) is 1.82. The number of H-pyrrole nitrogens is 1. The second-order valence-corrected chi connectivity index (χ2v) is 4.76. The molecular formula is C13H12ClNO4. The number of hydrogen-bond acceptors (Lipinski definition) is 3. The lowest BCUT2D eigenvalue weighted by atomic mass is 10.1. The minimum absolute atomic E-state index is 0.0212. The van der Waals surface area contributed by atoms with Crippen molar-refractivity contribution in [1.29, 1.82) is 0 Å². The molecule has 0 aliphatic heterocycles. The van der Waals surface area contributed by atoms with E-state index >= 15 is 0 Å². The van der Waals surface area contributed by atoms with Crippen molar-refractivity contribution >= 4 is 34.4 Å². The fourth-order valence-corrected chi connectivity index (χ4v) is 1.99. The summed E-state index contributed by atoms with van der Waals surface area (Å²) in [5, 5.41) is 10.1. The van der Waals surface area contributed by atoms with Gasteiger partial charge in [-0.05, 0) is 26.0 Å². The van der Waals surface area contributed by atoms with Crippen LogP contribution in [0.1, 0.15) is 34.7 Å². The first-order valence-electron chi connectivity index (χ1n) is 5.65. The highest BCUT2D eigenvalue weighted by Crippen LogP contribution is 2.26. The van der Waals surface area contributed by atoms with E-state index in [1.165, 1.54) is 0 Å². The third kappa shape index (κ3) is 2.56. The summed E-state index contributed by atoms with van der Waals surface area (Å²) in [6.07, 6.45) is -0.327. The maximum atomic E-state index is 12.0. The van der Waals surface area contributed by atoms with Crippen LogP contribution in [0, 0.1) is 0 Å². The molecule has 0 spiro atoms. The largest absolute Gasteiger partial charge is 0.477 e. The zero-order chi connectivity index (χ0) is 14.2. The van der Waals surface area contributed by atoms with Gasteiger partial charge in [-0.25, -0.2) is 9.59 Å². The summed E-state index contributed by atoms with van der Waals surface area (Å²) in [5.74, 6) is -1.89. The molecule has 6 heteroatoms. The molecule has 0 aliphatic rings. The van der Waals surface area contributed by atoms with Crippen LogP contribution >= 0.6 is 11.6 Å². The number of carbonyl (C=O) groups excluding carboxylic acids is 1. The molecule has 0 radical (unpaired) electrons. The van der Waals surface area contributed by atoms with Crippen LogP contribution in [0.4, 0.5) is 0 Å². The molecule has 5 nitrogen and oxygen atoms in total. The molecule has 100 valence electrons. The minimum Gasteiger partial charge on any atom is -0.477 e. The SMILES string of the molecule is CC(C)OC(=O)c1c(C(=O)O)[nH]c2cc(Cl)ccc12. The molecular weight excluding hydrogens is 270 g/mol. The Morgan fingerprint density at radius 1 is 1.37 bits per heavy atom. The second-order valence-electron chi connectivity index (χ2n) is 4.32. The molecule has 0 amide bonds. The van der Waals surface area contributed by atoms with E-state index in [-0.39, 0.29) is 17.4 Å². The molecule has 0 bridgehead atoms. The van der Waals surface area contributed by atoms with Crippen molar-refractivity contribution < 1.29 is 19.4 Å². The number of carboxylic acids is 1. The number of benzene rings is 1. The number of nitrogens with one attached hydrogen (secondary N) is 1. The van der Waals surface area contributed by atoms with Crippen molar-refractivity contribution in [3.05, 3.63) is 34.5 Å². The van der Waals surface area contributed by atoms with Gasteiger partial charge < -0.3 is 14.8 Å². The van der Waals surface area contributed by atoms with Crippen LogP contribution in [0.25, 0.3) is 10.9 Å². The average Bonchev–Trinajstić information content (AvgIpc) is 2.66. The van der Waals surface area contributed by atoms with Crippen molar-refractivity contribution in [2.45, 2.75) is 20.0 Å². The quantitative estimate of drug-likeness (QED) is 0.847. The summed E-state index contributed by atoms with van der Waals surface area (Å²) >= 11 is 5.84. The first kappa shape index (κ1) is 13.4. The van der Waals surface area contributed by atoms with Crippen LogP contribution < -0.4 is 0 Å². The van der Waals surface area contributed by atoms with Crippen LogP contribution in [0.3, 0.4) is 0 Å². The van der Waals surface area contributed by atoms with Gasteiger partial charge in [-0.3, -0.25) is 0 Å². The standard InChI is InChI=1S/C13H12ClNO4/c1-6(2)19-13(18)10-8-4-3-7(14)5-9(8)15-11(10)12(16)17/h3-6,15H,1-2H3,(H,16,17). The van der Waals surface area contributed by atoms with E-state index in [4.69, 9.17) is 21.4 Å². The van der Waals surface area contributed by atoms with Gasteiger partial charge in [-0.1, -0.05) is 17.7 Å². The van der Waals surface area contributed by atoms with Crippen molar-refractivity contribution in [2.24, 2.45) is 0 Å². The summed E-state index contributed by atoms with van der Waals surface area (Å²) in [7, 11) is 0. The van der Waals surface area contributed by atoms with Gasteiger partial charge >= 0.3 is 11.9 Å². The predicted octanol–water partition coefficient (Wildman–Crippen LogP) is 3.08. The first-order valence-corrected chi connectivity index (χ1v) is 6.03. The summed E-state index contributed by atoms with van der Waals surface area (Å²) in [6, 6.07) is 4.75. The van der Waals surface area contributed by atoms with Gasteiger partial charge in [0.15, 0.2) is 0 Å². The van der Waals surface area contributed by atoms with Gasteiger partial charge in [0.2, 0.25) is 0 Å². The van der Waals surface area contributed by atoms with Crippen molar-refractivity contribution in [3.8, 4) is 0 Å². The number of carboxylic acid groups (broad SMARTS) is 1. The summed E-state index contributed by atoms with van der Waals surface area (Å²) in [5.41, 5.74) is 0.316. The lowest BCUT2D eigenvalue weighted by molar-refractivity contribution is 0.0373. The van der Waals surface area contributed by atoms with E-state index in [0.717, 1.165) is 0 Å². The molecule has 1 heterocycles. The number of fused-ring (bicyclic) bond motifs is 1. The van der Waals surface area contributed by atoms with E-state index in [9.17, 15) is 9.59 Å². The minimum atomic E-state index is -1.22. The van der Waals surface area contributed by atoms with Gasteiger partial charge in [0.1, 0.15) is 5.69 Å². The number of rotatable bonds is 3. The number of ether oxygens (including phenoxy) is 1. The molecule has 2 aromatic rings. The third-order valence-corrected chi connectivity index (χ3v) is 2.76. The molecule has 0 saturated carbocycles. The molecule has 0 aliphatic carbocycles. The first-order chi connectivity index (χ1) is 8.90. The Morgan fingerprint density at radius 3 is 2.63 bits per heavy atom. The van der Waals surface area contributed by atoms with Crippen LogP contribution in [0.5, 0.6) is 0 Å². The summed E-state index contributed by atoms with van der Waals surface area (Å²) in [4.78, 5) is 25.9. The lowest BCUT2D eigenvalue weighted by Crippen LogP contribution is -2.14. The maximum absolute atomic E-state index is 12.0. The Labute approximate surface area is 114 Å². The van der Waals surface area contributed by atoms with Gasteiger partial charge in [0.05, 0.1) is 11.7 Å². The highest BCUT2D eigenvalue weighted by molar-refractivity contribution is 6.31. The highest BCUT2D eigenvalue weighted by atomic mass is 35.5. The Morgan fingerprint density at radius 2 is 2.05 bits per heavy atom. The lowest BCUT2D eigenvalue weighted by Gasteiger charge is -2.07. The number of hydrogen-bond donors (Lipinski definition) is 2. The smallest absolute Gasteiger partial charge is 0.353 e. The zero-order valence-electron chi connectivity index (χ0n) is 10.4. The molecule has 0 unspecified atom stereocenters. The van der Waals surface area contributed by atoms with E-state index in [1.54, 1.807) is 32.0 Å². The molecule has 0 saturated heterocycles. The van der Waals surface area contributed by atoms with Gasteiger partial charge in [0.25, 0.3) is 0 Å². The van der Waals surface area contributed by atoms with E-state index in [0.29, 0.717) is 15.9 Å². The Kier molecular flexibility index (Phi) is 3.48. The van der Waals surface area contributed by atoms with Gasteiger partial charge in [-0.15, -0.1) is 0 Å². The Balaban J connectivity index is 2.65. The topological polar surface area (TPSA) is 79.4 Å². The number of aromatic amines is 1. The third-order valence-electron chi connectivity index (χ3n) is 2.52. The van der Waals surface area contributed by atoms with Gasteiger partial charge in [-0.2, -0.15) is 0 Å². The molecule has 0 atom stereocenters. The number of aromatic carboxylic acids is 1. The molecule has 1 aromatic carbocycles. The molecule has 1 aromatic heterocycles. The van der Waals surface area contributed by atoms with Crippen LogP contribution in [-0.4, -0.2) is 28.1 Å². The number of aromatic nitrogens is 1. The highest BCUT2D eigenvalue weighted by Gasteiger charge is 2.24. The van der Waals surface area contributed by atoms with E-state index in [2.05, 4.69) is 4.98 Å². The van der Waals surface area contributed by atoms with Crippen molar-refractivity contribution in [1.82, 2.24) is 4.98 Å². The van der Waals surface area contributed by atoms with E-state index in [1.807, 2.05) is 0 Å². The van der Waals surface area contributed by atoms with Crippen LogP contribution in [-0.2, 0) is 4.74 Å². The average molecular weight is 282 g/mol. The second kappa shape index (κ2) is 4.93. The van der Waals surface area contributed by atoms with Crippen LogP contribution in [0.2, 0.25) is 5.02 Å². The van der Waals surface area contributed by atoms with Gasteiger partial charge in [0, 0.05) is 15.9 Å². The van der Waals surface area contributed by atoms with E-state index < -0.39 is 11.9 Å². The normalized spacial score (nSPS) is 10.9. The molecule has 19 heavy (non-hydrogen) atoms. The number of esters is 1. The zero-order valence-corrected chi connectivity index (χ0v) is 11.1. The monoisotopic (exact) mass is 281 g/mol.